The molecule has 1 aromatic carbocycles. The van der Waals surface area contributed by atoms with E-state index >= 15 is 0 Å². The van der Waals surface area contributed by atoms with Gasteiger partial charge in [0.25, 0.3) is 0 Å². The zero-order valence-electron chi connectivity index (χ0n) is 16.4. The van der Waals surface area contributed by atoms with Crippen molar-refractivity contribution in [3.8, 4) is 10.6 Å². The van der Waals surface area contributed by atoms with Gasteiger partial charge in [0.15, 0.2) is 0 Å². The van der Waals surface area contributed by atoms with Gasteiger partial charge in [-0.15, -0.1) is 11.3 Å². The first kappa shape index (κ1) is 19.7. The molecule has 1 fully saturated rings. The highest BCUT2D eigenvalue weighted by molar-refractivity contribution is 7.13. The van der Waals surface area contributed by atoms with Gasteiger partial charge in [-0.05, 0) is 55.1 Å². The molecule has 1 atom stereocenters. The second-order valence-electron chi connectivity index (χ2n) is 7.54. The zero-order chi connectivity index (χ0) is 19.9. The summed E-state index contributed by atoms with van der Waals surface area (Å²) in [5.41, 5.74) is 4.44. The van der Waals surface area contributed by atoms with Crippen LogP contribution < -0.4 is 10.6 Å². The lowest BCUT2D eigenvalue weighted by atomic mass is 9.97. The van der Waals surface area contributed by atoms with Crippen LogP contribution >= 0.6 is 11.3 Å². The van der Waals surface area contributed by atoms with Crippen LogP contribution in [0.15, 0.2) is 54.2 Å². The van der Waals surface area contributed by atoms with E-state index in [2.05, 4.69) is 44.9 Å². The highest BCUT2D eigenvalue weighted by Gasteiger charge is 2.14. The van der Waals surface area contributed by atoms with Crippen molar-refractivity contribution in [2.24, 2.45) is 5.92 Å². The topological polar surface area (TPSA) is 66.9 Å². The van der Waals surface area contributed by atoms with Crippen LogP contribution in [0.4, 0.5) is 0 Å². The number of amides is 1. The summed E-state index contributed by atoms with van der Waals surface area (Å²) in [4.78, 5) is 21.0. The monoisotopic (exact) mass is 406 g/mol. The van der Waals surface area contributed by atoms with Crippen LogP contribution in [0.25, 0.3) is 10.6 Å². The maximum absolute atomic E-state index is 12.2. The lowest BCUT2D eigenvalue weighted by molar-refractivity contribution is -0.120. The Hall–Kier alpha value is -2.57. The summed E-state index contributed by atoms with van der Waals surface area (Å²) in [5, 5.41) is 9.43. The number of hydrogen-bond acceptors (Lipinski definition) is 5. The summed E-state index contributed by atoms with van der Waals surface area (Å²) in [6.07, 6.45) is 7.11. The van der Waals surface area contributed by atoms with Crippen molar-refractivity contribution in [2.45, 2.75) is 25.7 Å². The van der Waals surface area contributed by atoms with E-state index in [9.17, 15) is 4.79 Å². The molecule has 3 heterocycles. The predicted molar refractivity (Wildman–Crippen MR) is 117 cm³/mol. The quantitative estimate of drug-likeness (QED) is 0.603. The summed E-state index contributed by atoms with van der Waals surface area (Å²) >= 11 is 1.61. The van der Waals surface area contributed by atoms with Crippen molar-refractivity contribution in [3.05, 3.63) is 71.0 Å². The fourth-order valence-electron chi connectivity index (χ4n) is 3.64. The number of nitrogens with zero attached hydrogens (tertiary/aromatic N) is 2. The van der Waals surface area contributed by atoms with Crippen LogP contribution in [0.1, 0.15) is 23.2 Å². The van der Waals surface area contributed by atoms with E-state index < -0.39 is 0 Å². The van der Waals surface area contributed by atoms with Crippen molar-refractivity contribution in [1.29, 1.82) is 0 Å². The molecule has 2 aromatic heterocycles. The molecular weight excluding hydrogens is 380 g/mol. The molecule has 0 radical (unpaired) electrons. The van der Waals surface area contributed by atoms with Gasteiger partial charge in [-0.25, -0.2) is 4.98 Å². The Morgan fingerprint density at radius 3 is 2.83 bits per heavy atom. The molecule has 0 spiro atoms. The highest BCUT2D eigenvalue weighted by Crippen LogP contribution is 2.22. The molecule has 5 nitrogen and oxygen atoms in total. The first-order valence-electron chi connectivity index (χ1n) is 10.2. The fourth-order valence-corrected chi connectivity index (χ4v) is 4.48. The fraction of sp³-hybridized carbons (Fsp3) is 0.348. The Morgan fingerprint density at radius 1 is 1.21 bits per heavy atom. The molecule has 1 saturated heterocycles. The molecule has 0 saturated carbocycles. The number of aromatic nitrogens is 2. The third kappa shape index (κ3) is 5.71. The molecule has 29 heavy (non-hydrogen) atoms. The van der Waals surface area contributed by atoms with E-state index in [1.165, 1.54) is 12.0 Å². The van der Waals surface area contributed by atoms with Crippen LogP contribution in [0.2, 0.25) is 0 Å². The lowest BCUT2D eigenvalue weighted by Gasteiger charge is -2.09. The molecule has 150 valence electrons. The van der Waals surface area contributed by atoms with Crippen LogP contribution in [0, 0.1) is 5.92 Å². The van der Waals surface area contributed by atoms with Gasteiger partial charge in [0.1, 0.15) is 5.01 Å². The van der Waals surface area contributed by atoms with Crippen LogP contribution in [0.3, 0.4) is 0 Å². The van der Waals surface area contributed by atoms with E-state index in [-0.39, 0.29) is 5.91 Å². The summed E-state index contributed by atoms with van der Waals surface area (Å²) in [5.74, 6) is 0.800. The molecule has 4 rings (SSSR count). The smallest absolute Gasteiger partial charge is 0.224 e. The second kappa shape index (κ2) is 9.76. The van der Waals surface area contributed by atoms with Crippen molar-refractivity contribution in [3.63, 3.8) is 0 Å². The number of rotatable bonds is 8. The van der Waals surface area contributed by atoms with Gasteiger partial charge in [-0.2, -0.15) is 0 Å². The number of carbonyl (C=O) groups excluding carboxylic acids is 1. The Bertz CT molecular complexity index is 918. The first-order valence-corrected chi connectivity index (χ1v) is 11.0. The second-order valence-corrected chi connectivity index (χ2v) is 8.40. The van der Waals surface area contributed by atoms with Crippen LogP contribution in [-0.4, -0.2) is 35.5 Å². The minimum Gasteiger partial charge on any atom is -0.355 e. The molecule has 6 heteroatoms. The molecule has 2 N–H and O–H groups in total. The molecule has 1 aliphatic rings. The molecule has 0 bridgehead atoms. The summed E-state index contributed by atoms with van der Waals surface area (Å²) in [7, 11) is 0. The lowest BCUT2D eigenvalue weighted by Crippen LogP contribution is -2.27. The van der Waals surface area contributed by atoms with Gasteiger partial charge in [0, 0.05) is 36.3 Å². The molecule has 3 aromatic rings. The number of nitrogens with one attached hydrogen (secondary N) is 2. The van der Waals surface area contributed by atoms with E-state index in [1.807, 2.05) is 23.7 Å². The third-order valence-electron chi connectivity index (χ3n) is 5.24. The number of pyridine rings is 1. The SMILES string of the molecule is O=C(Cc1ccc(CC2CCNC2)cc1)NCCc1csc(-c2cccnc2)n1. The van der Waals surface area contributed by atoms with Gasteiger partial charge in [-0.3, -0.25) is 9.78 Å². The maximum Gasteiger partial charge on any atom is 0.224 e. The summed E-state index contributed by atoms with van der Waals surface area (Å²) in [6, 6.07) is 12.4. The highest BCUT2D eigenvalue weighted by atomic mass is 32.1. The van der Waals surface area contributed by atoms with Crippen molar-refractivity contribution >= 4 is 17.2 Å². The van der Waals surface area contributed by atoms with Gasteiger partial charge >= 0.3 is 0 Å². The molecule has 1 unspecified atom stereocenters. The normalized spacial score (nSPS) is 16.1. The largest absolute Gasteiger partial charge is 0.355 e. The Morgan fingerprint density at radius 2 is 2.07 bits per heavy atom. The number of hydrogen-bond donors (Lipinski definition) is 2. The Kier molecular flexibility index (Phi) is 6.64. The Labute approximate surface area is 175 Å². The standard InChI is InChI=1S/C23H26N4OS/c28-22(13-18-5-3-17(4-6-18)12-19-7-10-25-14-19)26-11-8-21-16-29-23(27-21)20-2-1-9-24-15-20/h1-6,9,15-16,19,25H,7-8,10-14H2,(H,26,28). The van der Waals surface area contributed by atoms with Gasteiger partial charge in [-0.1, -0.05) is 24.3 Å². The average molecular weight is 407 g/mol. The van der Waals surface area contributed by atoms with E-state index in [0.29, 0.717) is 13.0 Å². The maximum atomic E-state index is 12.2. The number of benzene rings is 1. The molecule has 1 aliphatic heterocycles. The molecular formula is C23H26N4OS. The minimum absolute atomic E-state index is 0.0560. The average Bonchev–Trinajstić information content (AvgIpc) is 3.42. The summed E-state index contributed by atoms with van der Waals surface area (Å²) < 4.78 is 0. The van der Waals surface area contributed by atoms with Gasteiger partial charge < -0.3 is 10.6 Å². The van der Waals surface area contributed by atoms with Crippen molar-refractivity contribution in [1.82, 2.24) is 20.6 Å². The third-order valence-corrected chi connectivity index (χ3v) is 6.18. The minimum atomic E-state index is 0.0560. The van der Waals surface area contributed by atoms with E-state index in [4.69, 9.17) is 0 Å². The van der Waals surface area contributed by atoms with Crippen LogP contribution in [-0.2, 0) is 24.1 Å². The number of thiazole rings is 1. The zero-order valence-corrected chi connectivity index (χ0v) is 17.3. The predicted octanol–water partition coefficient (Wildman–Crippen LogP) is 3.26. The number of carbonyl (C=O) groups is 1. The van der Waals surface area contributed by atoms with Gasteiger partial charge in [0.05, 0.1) is 12.1 Å². The molecule has 1 amide bonds. The van der Waals surface area contributed by atoms with E-state index in [0.717, 1.165) is 53.7 Å². The molecule has 0 aliphatic carbocycles. The first-order chi connectivity index (χ1) is 14.3. The Balaban J connectivity index is 1.20. The van der Waals surface area contributed by atoms with Crippen LogP contribution in [0.5, 0.6) is 0 Å². The van der Waals surface area contributed by atoms with Crippen molar-refractivity contribution < 1.29 is 4.79 Å². The summed E-state index contributed by atoms with van der Waals surface area (Å²) in [6.45, 7) is 2.85. The van der Waals surface area contributed by atoms with Crippen molar-refractivity contribution in [2.75, 3.05) is 19.6 Å². The van der Waals surface area contributed by atoms with Gasteiger partial charge in [0.2, 0.25) is 5.91 Å². The van der Waals surface area contributed by atoms with E-state index in [1.54, 1.807) is 17.5 Å².